The summed E-state index contributed by atoms with van der Waals surface area (Å²) in [6.45, 7) is 19.5. The second-order valence-electron chi connectivity index (χ2n) is 31.5. The van der Waals surface area contributed by atoms with Gasteiger partial charge >= 0.3 is 6.03 Å². The predicted molar refractivity (Wildman–Crippen MR) is 479 cm³/mol. The number of aromatic amines is 4. The van der Waals surface area contributed by atoms with E-state index in [-0.39, 0.29) is 58.8 Å². The van der Waals surface area contributed by atoms with E-state index in [4.69, 9.17) is 42.7 Å². The number of nitrogens with zero attached hydrogens (tertiary/aromatic N) is 8. The number of carbonyl (C=O) groups excluding carboxylic acids is 1. The minimum absolute atomic E-state index is 0.00525. The topological polar surface area (TPSA) is 286 Å². The van der Waals surface area contributed by atoms with Crippen LogP contribution in [0, 0.1) is 47.4 Å². The number of amides is 2. The molecule has 2 aliphatic carbocycles. The Balaban J connectivity index is 0.000000139. The number of para-hydroxylation sites is 1. The Hall–Kier alpha value is -11.8. The third-order valence-electron chi connectivity index (χ3n) is 22.6. The number of tetrazole rings is 1. The Morgan fingerprint density at radius 2 is 1.17 bits per heavy atom. The van der Waals surface area contributed by atoms with E-state index in [1.807, 2.05) is 164 Å². The summed E-state index contributed by atoms with van der Waals surface area (Å²) in [5, 5.41) is 27.2. The van der Waals surface area contributed by atoms with Crippen molar-refractivity contribution >= 4 is 95.7 Å². The monoisotopic (exact) mass is 1660 g/mol. The van der Waals surface area contributed by atoms with Gasteiger partial charge in [-0.15, -0.1) is 5.10 Å². The predicted octanol–water partition coefficient (Wildman–Crippen LogP) is 17.1. The first kappa shape index (κ1) is 86.1. The van der Waals surface area contributed by atoms with Crippen LogP contribution in [0.3, 0.4) is 0 Å². The fourth-order valence-electron chi connectivity index (χ4n) is 16.0. The van der Waals surface area contributed by atoms with Crippen molar-refractivity contribution in [2.75, 3.05) is 44.0 Å². The third kappa shape index (κ3) is 22.4. The molecule has 16 rings (SSSR count). The molecule has 8 heterocycles. The molecule has 2 unspecified atom stereocenters. The molecule has 2 atom stereocenters. The van der Waals surface area contributed by atoms with Crippen molar-refractivity contribution in [2.24, 2.45) is 0 Å². The van der Waals surface area contributed by atoms with Crippen LogP contribution in [0.4, 0.5) is 20.6 Å². The highest BCUT2D eigenvalue weighted by Crippen LogP contribution is 2.35. The number of thiocarbonyl (C=S) groups is 2. The first-order valence-electron chi connectivity index (χ1n) is 41.2. The average Bonchev–Trinajstić information content (AvgIpc) is 1.41. The van der Waals surface area contributed by atoms with Gasteiger partial charge in [0.1, 0.15) is 23.9 Å². The normalized spacial score (nSPS) is 14.3. The molecular formula is C93H106FN15O9S2. The van der Waals surface area contributed by atoms with Crippen LogP contribution < -0.4 is 38.2 Å². The van der Waals surface area contributed by atoms with Crippen LogP contribution in [0.25, 0.3) is 43.6 Å². The summed E-state index contributed by atoms with van der Waals surface area (Å²) >= 11 is 11.2. The van der Waals surface area contributed by atoms with Crippen LogP contribution >= 0.6 is 24.4 Å². The molecule has 27 heteroatoms. The van der Waals surface area contributed by atoms with Crippen molar-refractivity contribution in [1.29, 1.82) is 0 Å². The summed E-state index contributed by atoms with van der Waals surface area (Å²) in [5.74, 6) is 2.05. The van der Waals surface area contributed by atoms with Crippen LogP contribution in [0.2, 0.25) is 0 Å². The van der Waals surface area contributed by atoms with E-state index in [0.29, 0.717) is 91.1 Å². The maximum absolute atomic E-state index is 13.2. The molecule has 2 saturated carbocycles. The number of fused-ring (bicyclic) bond motifs is 4. The molecular weight excluding hydrogens is 1550 g/mol. The lowest BCUT2D eigenvalue weighted by atomic mass is 10.0. The molecule has 13 aromatic rings. The van der Waals surface area contributed by atoms with Gasteiger partial charge in [0.2, 0.25) is 0 Å². The average molecular weight is 1660 g/mol. The molecule has 3 fully saturated rings. The number of rotatable bonds is 24. The van der Waals surface area contributed by atoms with Gasteiger partial charge in [-0.25, -0.2) is 13.9 Å². The minimum Gasteiger partial charge on any atom is -0.467 e. The Kier molecular flexibility index (Phi) is 29.3. The molecule has 7 N–H and O–H groups in total. The first-order valence-corrected chi connectivity index (χ1v) is 42.1. The number of nitrogens with one attached hydrogen (secondary N) is 7. The van der Waals surface area contributed by atoms with Crippen molar-refractivity contribution in [3.05, 3.63) is 297 Å². The number of halogens is 1. The summed E-state index contributed by atoms with van der Waals surface area (Å²) in [4.78, 5) is 84.5. The zero-order valence-electron chi connectivity index (χ0n) is 69.3. The molecule has 24 nitrogen and oxygen atoms in total. The maximum atomic E-state index is 13.2. The molecule has 120 heavy (non-hydrogen) atoms. The van der Waals surface area contributed by atoms with Crippen molar-refractivity contribution in [1.82, 2.24) is 65.1 Å². The first-order chi connectivity index (χ1) is 58.1. The number of anilines is 2. The molecule has 3 aliphatic rings. The molecule has 0 spiro atoms. The lowest BCUT2D eigenvalue weighted by molar-refractivity contribution is 0.0904. The third-order valence-corrected chi connectivity index (χ3v) is 23.4. The van der Waals surface area contributed by atoms with Gasteiger partial charge in [-0.1, -0.05) is 86.7 Å². The van der Waals surface area contributed by atoms with Gasteiger partial charge in [0.25, 0.3) is 22.2 Å². The Morgan fingerprint density at radius 3 is 1.85 bits per heavy atom. The summed E-state index contributed by atoms with van der Waals surface area (Å²) in [6, 6.07) is 51.5. The number of aryl methyl sites for hydroxylation is 6. The van der Waals surface area contributed by atoms with Crippen LogP contribution in [-0.2, 0) is 48.7 Å². The van der Waals surface area contributed by atoms with Crippen LogP contribution in [-0.4, -0.2) is 128 Å². The fourth-order valence-corrected chi connectivity index (χ4v) is 16.5. The number of benzene rings is 6. The summed E-state index contributed by atoms with van der Waals surface area (Å²) < 4.78 is 36.9. The molecule has 1 aliphatic heterocycles. The molecule has 0 radical (unpaired) electrons. The van der Waals surface area contributed by atoms with Gasteiger partial charge in [0.05, 0.1) is 63.0 Å². The van der Waals surface area contributed by atoms with Crippen molar-refractivity contribution in [3.63, 3.8) is 0 Å². The molecule has 7 aromatic heterocycles. The largest absolute Gasteiger partial charge is 0.467 e. The fraction of sp³-hybridized carbons (Fsp3) is 0.355. The minimum atomic E-state index is -0.353. The summed E-state index contributed by atoms with van der Waals surface area (Å²) in [6.07, 6.45) is 15.0. The number of carbonyl (C=O) groups is 1. The van der Waals surface area contributed by atoms with Crippen LogP contribution in [0.5, 0.6) is 0 Å². The molecule has 626 valence electrons. The van der Waals surface area contributed by atoms with E-state index >= 15 is 0 Å². The SMILES string of the molecule is CCC(c1nnnn1Cc1ccco1)N(Cc1cc2cc(C)ccc2[nH]c1=O)C1CCCC1.COCCNC(=S)N(Cc1ccco1)Cc1cc2c(C)ccc(C)c2[nH]c1=O.Cc1cc2cc(CN(C(=O)Nc3ccc(F)cc3)C3CCCC3)c(=O)[nH]c2cc1C.Cc1ccc2cc(CN(CC3CCCO3)C(=S)Nc3ccccc3)c(=O)[nH]c2c1. The van der Waals surface area contributed by atoms with E-state index < -0.39 is 0 Å². The Morgan fingerprint density at radius 1 is 0.567 bits per heavy atom. The number of ether oxygens (including phenoxy) is 2. The van der Waals surface area contributed by atoms with E-state index in [1.54, 1.807) is 24.5 Å². The standard InChI is InChI=1S/C25H30N6O2.C24H26FN3O2.C23H25N3O2S.C21H25N3O3S/c1-3-23(24-27-28-29-31(24)16-21-9-6-12-33-21)30(20-7-4-5-8-20)15-19-14-18-13-17(2)10-11-22(18)26-25(19)32;1-15-11-17-13-18(23(29)27-22(17)12-16(15)2)14-28(21-5-3-4-6-21)24(30)26-20-9-7-19(25)8-10-20;1-16-9-10-17-13-18(22(27)25-21(17)12-16)14-26(15-20-8-5-11-28-20)23(29)24-19-6-3-2-4-7-19;1-14-6-7-15(2)19-18(14)11-16(20(25)23-19)12-24(13-17-5-4-9-27-17)21(28)22-8-10-26-3/h6,9-14,20,23H,3-5,7-8,15-16H2,1-2H3,(H,26,32);7-13,21H,3-6,14H2,1-2H3,(H,26,30)(H,27,29);2-4,6-7,9-10,12-13,20H,5,8,11,14-15H2,1H3,(H,24,29)(H,25,27);4-7,9,11H,8,10,12-13H2,1-3H3,(H,22,28)(H,23,25). The molecule has 2 amide bonds. The maximum Gasteiger partial charge on any atom is 0.322 e. The van der Waals surface area contributed by atoms with Gasteiger partial charge in [-0.3, -0.25) is 24.1 Å². The highest BCUT2D eigenvalue weighted by molar-refractivity contribution is 7.80. The number of H-pyrrole nitrogens is 4. The zero-order valence-corrected chi connectivity index (χ0v) is 71.0. The number of pyridine rings is 4. The number of methoxy groups -OCH3 is 1. The lowest BCUT2D eigenvalue weighted by Crippen LogP contribution is -2.42. The smallest absolute Gasteiger partial charge is 0.322 e. The van der Waals surface area contributed by atoms with Crippen LogP contribution in [0.15, 0.2) is 204 Å². The number of urea groups is 1. The van der Waals surface area contributed by atoms with Gasteiger partial charge in [0.15, 0.2) is 16.0 Å². The van der Waals surface area contributed by atoms with E-state index in [9.17, 15) is 28.4 Å². The van der Waals surface area contributed by atoms with E-state index in [2.05, 4.69) is 94.4 Å². The van der Waals surface area contributed by atoms with Gasteiger partial charge in [0, 0.05) is 101 Å². The Bertz CT molecular complexity index is 5920. The highest BCUT2D eigenvalue weighted by Gasteiger charge is 2.34. The highest BCUT2D eigenvalue weighted by atomic mass is 32.1. The quantitative estimate of drug-likeness (QED) is 0.0219. The van der Waals surface area contributed by atoms with E-state index in [1.165, 1.54) is 42.7 Å². The van der Waals surface area contributed by atoms with Gasteiger partial charge in [-0.05, 0) is 281 Å². The van der Waals surface area contributed by atoms with Crippen molar-refractivity contribution < 1.29 is 27.5 Å². The molecule has 6 aromatic carbocycles. The second kappa shape index (κ2) is 40.8. The van der Waals surface area contributed by atoms with E-state index in [0.717, 1.165) is 164 Å². The lowest BCUT2D eigenvalue weighted by Gasteiger charge is -2.35. The molecule has 1 saturated heterocycles. The number of hydrogen-bond donors (Lipinski definition) is 7. The summed E-state index contributed by atoms with van der Waals surface area (Å²) in [7, 11) is 1.64. The van der Waals surface area contributed by atoms with Gasteiger partial charge < -0.3 is 68.9 Å². The Labute approximate surface area is 707 Å². The second-order valence-corrected chi connectivity index (χ2v) is 32.2. The van der Waals surface area contributed by atoms with Gasteiger partial charge in [-0.2, -0.15) is 0 Å². The molecule has 0 bridgehead atoms. The van der Waals surface area contributed by atoms with Crippen LogP contribution in [0.1, 0.15) is 157 Å². The van der Waals surface area contributed by atoms with Crippen molar-refractivity contribution in [2.45, 2.75) is 183 Å². The summed E-state index contributed by atoms with van der Waals surface area (Å²) in [5.41, 5.74) is 13.9. The zero-order chi connectivity index (χ0) is 84.3. The number of hydrogen-bond acceptors (Lipinski definition) is 15. The number of furan rings is 2. The van der Waals surface area contributed by atoms with Crippen molar-refractivity contribution in [3.8, 4) is 0 Å². The number of aromatic nitrogens is 8.